The monoisotopic (exact) mass is 265 g/mol. The second kappa shape index (κ2) is 5.64. The van der Waals surface area contributed by atoms with Gasteiger partial charge < -0.3 is 5.32 Å². The van der Waals surface area contributed by atoms with Gasteiger partial charge in [-0.1, -0.05) is 6.07 Å². The van der Waals surface area contributed by atoms with Crippen LogP contribution in [0.25, 0.3) is 0 Å². The van der Waals surface area contributed by atoms with Crippen LogP contribution in [0.5, 0.6) is 0 Å². The van der Waals surface area contributed by atoms with Crippen LogP contribution in [-0.4, -0.2) is 23.1 Å². The molecule has 0 radical (unpaired) electrons. The van der Waals surface area contributed by atoms with Crippen molar-refractivity contribution in [3.8, 4) is 0 Å². The van der Waals surface area contributed by atoms with Crippen LogP contribution in [0.3, 0.4) is 0 Å². The molecule has 17 heavy (non-hydrogen) atoms. The maximum atomic E-state index is 12.4. The van der Waals surface area contributed by atoms with E-state index in [1.54, 1.807) is 7.05 Å². The highest BCUT2D eigenvalue weighted by Gasteiger charge is 2.30. The lowest BCUT2D eigenvalue weighted by Crippen LogP contribution is -2.27. The molecule has 0 aliphatic heterocycles. The second-order valence-corrected chi connectivity index (χ2v) is 5.22. The Bertz CT molecular complexity index is 406. The van der Waals surface area contributed by atoms with Crippen molar-refractivity contribution in [1.29, 1.82) is 0 Å². The molecule has 0 aromatic heterocycles. The highest BCUT2D eigenvalue weighted by molar-refractivity contribution is 7.85. The van der Waals surface area contributed by atoms with Crippen molar-refractivity contribution in [2.24, 2.45) is 0 Å². The van der Waals surface area contributed by atoms with Crippen LogP contribution >= 0.6 is 0 Å². The average molecular weight is 265 g/mol. The van der Waals surface area contributed by atoms with Crippen molar-refractivity contribution in [3.63, 3.8) is 0 Å². The summed E-state index contributed by atoms with van der Waals surface area (Å²) >= 11 is 0. The van der Waals surface area contributed by atoms with Crippen LogP contribution in [0.4, 0.5) is 13.2 Å². The summed E-state index contributed by atoms with van der Waals surface area (Å²) in [6.07, 6.45) is -4.39. The molecule has 1 N–H and O–H groups in total. The van der Waals surface area contributed by atoms with Crippen LogP contribution in [0.1, 0.15) is 12.5 Å². The lowest BCUT2D eigenvalue weighted by molar-refractivity contribution is -0.137. The Balaban J connectivity index is 2.89. The first-order chi connectivity index (χ1) is 7.84. The first-order valence-electron chi connectivity index (χ1n) is 5.07. The van der Waals surface area contributed by atoms with E-state index in [2.05, 4.69) is 5.32 Å². The molecule has 2 atom stereocenters. The molecule has 1 aromatic carbocycles. The predicted molar refractivity (Wildman–Crippen MR) is 61.2 cm³/mol. The smallest absolute Gasteiger partial charge is 0.316 e. The van der Waals surface area contributed by atoms with Gasteiger partial charge in [0, 0.05) is 16.7 Å². The van der Waals surface area contributed by atoms with Crippen molar-refractivity contribution in [1.82, 2.24) is 5.32 Å². The fourth-order valence-corrected chi connectivity index (χ4v) is 2.52. The molecule has 96 valence electrons. The van der Waals surface area contributed by atoms with Crippen LogP contribution in [0.2, 0.25) is 0 Å². The molecular weight excluding hydrogens is 251 g/mol. The third-order valence-electron chi connectivity index (χ3n) is 2.32. The number of halogens is 3. The van der Waals surface area contributed by atoms with Gasteiger partial charge in [0.2, 0.25) is 0 Å². The normalized spacial score (nSPS) is 15.6. The molecule has 0 heterocycles. The lowest BCUT2D eigenvalue weighted by atomic mass is 10.2. The molecule has 0 aliphatic rings. The molecule has 0 bridgehead atoms. The zero-order chi connectivity index (χ0) is 13.1. The van der Waals surface area contributed by atoms with Crippen molar-refractivity contribution >= 4 is 10.8 Å². The summed E-state index contributed by atoms with van der Waals surface area (Å²) in [5.74, 6) is 0.289. The third kappa shape index (κ3) is 4.12. The highest BCUT2D eigenvalue weighted by Crippen LogP contribution is 2.30. The summed E-state index contributed by atoms with van der Waals surface area (Å²) in [5, 5.41) is 2.90. The lowest BCUT2D eigenvalue weighted by Gasteiger charge is -2.11. The molecular formula is C11H14F3NOS. The SMILES string of the molecule is CNC(C)CS(=O)c1cccc(C(F)(F)F)c1. The number of hydrogen-bond acceptors (Lipinski definition) is 2. The first kappa shape index (κ1) is 14.2. The van der Waals surface area contributed by atoms with Crippen LogP contribution in [0.15, 0.2) is 29.2 Å². The van der Waals surface area contributed by atoms with E-state index in [0.29, 0.717) is 0 Å². The largest absolute Gasteiger partial charge is 0.416 e. The summed E-state index contributed by atoms with van der Waals surface area (Å²) in [6.45, 7) is 1.82. The van der Waals surface area contributed by atoms with E-state index in [9.17, 15) is 17.4 Å². The molecule has 2 nitrogen and oxygen atoms in total. The molecule has 0 amide bonds. The van der Waals surface area contributed by atoms with Gasteiger partial charge in [-0.25, -0.2) is 0 Å². The van der Waals surface area contributed by atoms with E-state index in [1.165, 1.54) is 12.1 Å². The Morgan fingerprint density at radius 1 is 1.41 bits per heavy atom. The zero-order valence-electron chi connectivity index (χ0n) is 9.54. The maximum Gasteiger partial charge on any atom is 0.416 e. The highest BCUT2D eigenvalue weighted by atomic mass is 32.2. The Hall–Kier alpha value is -0.880. The first-order valence-corrected chi connectivity index (χ1v) is 6.39. The predicted octanol–water partition coefficient (Wildman–Crippen LogP) is 2.42. The van der Waals surface area contributed by atoms with E-state index in [0.717, 1.165) is 12.1 Å². The minimum Gasteiger partial charge on any atom is -0.316 e. The van der Waals surface area contributed by atoms with Crippen molar-refractivity contribution in [2.45, 2.75) is 24.0 Å². The summed E-state index contributed by atoms with van der Waals surface area (Å²) in [6, 6.07) is 4.64. The number of hydrogen-bond donors (Lipinski definition) is 1. The summed E-state index contributed by atoms with van der Waals surface area (Å²) in [4.78, 5) is 0.210. The maximum absolute atomic E-state index is 12.4. The van der Waals surface area contributed by atoms with Crippen LogP contribution < -0.4 is 5.32 Å². The zero-order valence-corrected chi connectivity index (χ0v) is 10.4. The van der Waals surface area contributed by atoms with Crippen molar-refractivity contribution in [2.75, 3.05) is 12.8 Å². The van der Waals surface area contributed by atoms with E-state index < -0.39 is 22.5 Å². The third-order valence-corrected chi connectivity index (χ3v) is 3.90. The molecule has 1 rings (SSSR count). The van der Waals surface area contributed by atoms with Gasteiger partial charge in [0.15, 0.2) is 0 Å². The van der Waals surface area contributed by atoms with E-state index in [-0.39, 0.29) is 16.7 Å². The number of nitrogens with one attached hydrogen (secondary N) is 1. The molecule has 1 aromatic rings. The quantitative estimate of drug-likeness (QED) is 0.906. The van der Waals surface area contributed by atoms with E-state index in [1.807, 2.05) is 6.92 Å². The molecule has 0 spiro atoms. The number of benzene rings is 1. The molecule has 0 fully saturated rings. The second-order valence-electron chi connectivity index (χ2n) is 3.73. The Morgan fingerprint density at radius 3 is 2.59 bits per heavy atom. The Kier molecular flexibility index (Phi) is 4.70. The number of alkyl halides is 3. The molecule has 2 unspecified atom stereocenters. The Labute approximate surface area is 101 Å². The Morgan fingerprint density at radius 2 is 2.06 bits per heavy atom. The van der Waals surface area contributed by atoms with Gasteiger partial charge >= 0.3 is 6.18 Å². The minimum absolute atomic E-state index is 0.00891. The summed E-state index contributed by atoms with van der Waals surface area (Å²) < 4.78 is 49.1. The number of rotatable bonds is 4. The van der Waals surface area contributed by atoms with Gasteiger partial charge in [-0.05, 0) is 32.2 Å². The fraction of sp³-hybridized carbons (Fsp3) is 0.455. The van der Waals surface area contributed by atoms with Gasteiger partial charge in [-0.3, -0.25) is 4.21 Å². The molecule has 6 heteroatoms. The van der Waals surface area contributed by atoms with Crippen molar-refractivity contribution in [3.05, 3.63) is 29.8 Å². The van der Waals surface area contributed by atoms with E-state index >= 15 is 0 Å². The van der Waals surface area contributed by atoms with Gasteiger partial charge in [-0.2, -0.15) is 13.2 Å². The fourth-order valence-electron chi connectivity index (χ4n) is 1.22. The van der Waals surface area contributed by atoms with E-state index in [4.69, 9.17) is 0 Å². The minimum atomic E-state index is -4.39. The van der Waals surface area contributed by atoms with Gasteiger partial charge in [0.1, 0.15) is 0 Å². The van der Waals surface area contributed by atoms with Crippen molar-refractivity contribution < 1.29 is 17.4 Å². The van der Waals surface area contributed by atoms with Gasteiger partial charge in [0.05, 0.1) is 16.4 Å². The molecule has 0 saturated heterocycles. The summed E-state index contributed by atoms with van der Waals surface area (Å²) in [7, 11) is 0.295. The topological polar surface area (TPSA) is 29.1 Å². The van der Waals surface area contributed by atoms with Crippen LogP contribution in [-0.2, 0) is 17.0 Å². The average Bonchev–Trinajstić information content (AvgIpc) is 2.28. The van der Waals surface area contributed by atoms with Crippen LogP contribution in [0, 0.1) is 0 Å². The summed E-state index contributed by atoms with van der Waals surface area (Å²) in [5.41, 5.74) is -0.763. The van der Waals surface area contributed by atoms with Gasteiger partial charge in [-0.15, -0.1) is 0 Å². The molecule has 0 saturated carbocycles. The standard InChI is InChI=1S/C11H14F3NOS/c1-8(15-2)7-17(16)10-5-3-4-9(6-10)11(12,13)14/h3-6,8,15H,7H2,1-2H3. The molecule has 0 aliphatic carbocycles. The van der Waals surface area contributed by atoms with Gasteiger partial charge in [0.25, 0.3) is 0 Å².